The standard InChI is InChI=1S/C13H16O3/c1-14-12-4-3-9-10(13(12)15-2)5-8-6-16-7-11(8)9/h3-4,8,11H,5-7H2,1-2H3/t8-,11-/m1/s1. The van der Waals surface area contributed by atoms with Gasteiger partial charge >= 0.3 is 0 Å². The van der Waals surface area contributed by atoms with Crippen molar-refractivity contribution in [3.05, 3.63) is 23.3 Å². The molecule has 1 aliphatic carbocycles. The lowest BCUT2D eigenvalue weighted by molar-refractivity contribution is 0.182. The normalized spacial score (nSPS) is 26.4. The van der Waals surface area contributed by atoms with Crippen LogP contribution < -0.4 is 9.47 Å². The van der Waals surface area contributed by atoms with Crippen LogP contribution in [-0.2, 0) is 11.2 Å². The van der Waals surface area contributed by atoms with Crippen molar-refractivity contribution in [3.63, 3.8) is 0 Å². The van der Waals surface area contributed by atoms with Gasteiger partial charge in [0.15, 0.2) is 11.5 Å². The Morgan fingerprint density at radius 1 is 1.19 bits per heavy atom. The molecule has 0 bridgehead atoms. The van der Waals surface area contributed by atoms with Crippen molar-refractivity contribution >= 4 is 0 Å². The number of methoxy groups -OCH3 is 2. The van der Waals surface area contributed by atoms with Crippen molar-refractivity contribution in [2.75, 3.05) is 27.4 Å². The monoisotopic (exact) mass is 220 g/mol. The molecule has 1 aromatic carbocycles. The number of hydrogen-bond donors (Lipinski definition) is 0. The van der Waals surface area contributed by atoms with Crippen LogP contribution in [0, 0.1) is 5.92 Å². The smallest absolute Gasteiger partial charge is 0.164 e. The quantitative estimate of drug-likeness (QED) is 0.763. The third-order valence-electron chi connectivity index (χ3n) is 3.75. The maximum absolute atomic E-state index is 5.53. The molecule has 0 aromatic heterocycles. The van der Waals surface area contributed by atoms with Gasteiger partial charge in [-0.1, -0.05) is 6.07 Å². The molecule has 0 amide bonds. The zero-order chi connectivity index (χ0) is 11.1. The Bertz CT molecular complexity index is 414. The summed E-state index contributed by atoms with van der Waals surface area (Å²) < 4.78 is 16.3. The Morgan fingerprint density at radius 3 is 2.81 bits per heavy atom. The van der Waals surface area contributed by atoms with E-state index in [9.17, 15) is 0 Å². The molecule has 1 saturated heterocycles. The molecule has 1 fully saturated rings. The second kappa shape index (κ2) is 3.67. The first-order chi connectivity index (χ1) is 7.85. The fraction of sp³-hybridized carbons (Fsp3) is 0.538. The molecular formula is C13H16O3. The van der Waals surface area contributed by atoms with E-state index in [2.05, 4.69) is 6.07 Å². The van der Waals surface area contributed by atoms with Crippen LogP contribution in [0.5, 0.6) is 11.5 Å². The fourth-order valence-corrected chi connectivity index (χ4v) is 2.97. The van der Waals surface area contributed by atoms with E-state index in [0.29, 0.717) is 11.8 Å². The second-order valence-electron chi connectivity index (χ2n) is 4.48. The lowest BCUT2D eigenvalue weighted by atomic mass is 9.97. The van der Waals surface area contributed by atoms with Gasteiger partial charge in [0.1, 0.15) is 0 Å². The maximum Gasteiger partial charge on any atom is 0.164 e. The molecule has 86 valence electrons. The Balaban J connectivity index is 2.09. The Morgan fingerprint density at radius 2 is 2.06 bits per heavy atom. The SMILES string of the molecule is COc1ccc2c(c1OC)C[C@@H]1COC[C@@H]21. The fourth-order valence-electron chi connectivity index (χ4n) is 2.97. The van der Waals surface area contributed by atoms with E-state index < -0.39 is 0 Å². The topological polar surface area (TPSA) is 27.7 Å². The summed E-state index contributed by atoms with van der Waals surface area (Å²) >= 11 is 0. The van der Waals surface area contributed by atoms with Crippen molar-refractivity contribution < 1.29 is 14.2 Å². The van der Waals surface area contributed by atoms with Crippen LogP contribution in [0.4, 0.5) is 0 Å². The van der Waals surface area contributed by atoms with E-state index in [1.165, 1.54) is 11.1 Å². The highest BCUT2D eigenvalue weighted by Gasteiger charge is 2.39. The number of ether oxygens (including phenoxy) is 3. The molecular weight excluding hydrogens is 204 g/mol. The minimum atomic E-state index is 0.565. The summed E-state index contributed by atoms with van der Waals surface area (Å²) in [5.74, 6) is 2.95. The van der Waals surface area contributed by atoms with Crippen LogP contribution in [0.25, 0.3) is 0 Å². The van der Waals surface area contributed by atoms with Gasteiger partial charge in [0, 0.05) is 11.5 Å². The van der Waals surface area contributed by atoms with Crippen molar-refractivity contribution in [3.8, 4) is 11.5 Å². The van der Waals surface area contributed by atoms with Crippen LogP contribution in [0.1, 0.15) is 17.0 Å². The minimum absolute atomic E-state index is 0.565. The van der Waals surface area contributed by atoms with Gasteiger partial charge in [-0.2, -0.15) is 0 Å². The second-order valence-corrected chi connectivity index (χ2v) is 4.48. The van der Waals surface area contributed by atoms with Crippen molar-refractivity contribution in [1.29, 1.82) is 0 Å². The van der Waals surface area contributed by atoms with Crippen molar-refractivity contribution in [2.45, 2.75) is 12.3 Å². The van der Waals surface area contributed by atoms with Crippen LogP contribution in [0.15, 0.2) is 12.1 Å². The summed E-state index contributed by atoms with van der Waals surface area (Å²) in [6.07, 6.45) is 1.06. The molecule has 3 nitrogen and oxygen atoms in total. The molecule has 2 atom stereocenters. The van der Waals surface area contributed by atoms with Crippen molar-refractivity contribution in [2.24, 2.45) is 5.92 Å². The molecule has 0 saturated carbocycles. The highest BCUT2D eigenvalue weighted by Crippen LogP contribution is 2.48. The van der Waals surface area contributed by atoms with E-state index in [1.807, 2.05) is 6.07 Å². The predicted molar refractivity (Wildman–Crippen MR) is 60.3 cm³/mol. The Hall–Kier alpha value is -1.22. The molecule has 0 radical (unpaired) electrons. The Kier molecular flexibility index (Phi) is 2.28. The number of fused-ring (bicyclic) bond motifs is 3. The van der Waals surface area contributed by atoms with E-state index in [0.717, 1.165) is 31.1 Å². The van der Waals surface area contributed by atoms with Gasteiger partial charge in [-0.25, -0.2) is 0 Å². The van der Waals surface area contributed by atoms with Gasteiger partial charge in [0.2, 0.25) is 0 Å². The molecule has 1 heterocycles. The maximum atomic E-state index is 5.53. The van der Waals surface area contributed by atoms with Crippen LogP contribution in [0.3, 0.4) is 0 Å². The summed E-state index contributed by atoms with van der Waals surface area (Å²) in [6.45, 7) is 1.73. The highest BCUT2D eigenvalue weighted by molar-refractivity contribution is 5.54. The summed E-state index contributed by atoms with van der Waals surface area (Å²) in [6, 6.07) is 4.16. The van der Waals surface area contributed by atoms with Crippen LogP contribution in [0.2, 0.25) is 0 Å². The zero-order valence-corrected chi connectivity index (χ0v) is 9.66. The van der Waals surface area contributed by atoms with Gasteiger partial charge in [-0.05, 0) is 24.0 Å². The first kappa shape index (κ1) is 9.97. The van der Waals surface area contributed by atoms with Gasteiger partial charge in [-0.15, -0.1) is 0 Å². The molecule has 2 aliphatic rings. The minimum Gasteiger partial charge on any atom is -0.493 e. The Labute approximate surface area is 95.3 Å². The molecule has 1 aromatic rings. The summed E-state index contributed by atoms with van der Waals surface area (Å²) in [4.78, 5) is 0. The molecule has 0 N–H and O–H groups in total. The largest absolute Gasteiger partial charge is 0.493 e. The first-order valence-corrected chi connectivity index (χ1v) is 5.66. The van der Waals surface area contributed by atoms with E-state index in [4.69, 9.17) is 14.2 Å². The molecule has 3 heteroatoms. The van der Waals surface area contributed by atoms with Crippen LogP contribution >= 0.6 is 0 Å². The van der Waals surface area contributed by atoms with Crippen molar-refractivity contribution in [1.82, 2.24) is 0 Å². The summed E-state index contributed by atoms with van der Waals surface area (Å²) in [5, 5.41) is 0. The number of hydrogen-bond acceptors (Lipinski definition) is 3. The molecule has 3 rings (SSSR count). The van der Waals surface area contributed by atoms with Crippen LogP contribution in [-0.4, -0.2) is 27.4 Å². The lowest BCUT2D eigenvalue weighted by Gasteiger charge is -2.13. The number of rotatable bonds is 2. The molecule has 0 unspecified atom stereocenters. The average molecular weight is 220 g/mol. The average Bonchev–Trinajstić information content (AvgIpc) is 2.87. The summed E-state index contributed by atoms with van der Waals surface area (Å²) in [5.41, 5.74) is 2.71. The van der Waals surface area contributed by atoms with E-state index in [-0.39, 0.29) is 0 Å². The zero-order valence-electron chi connectivity index (χ0n) is 9.66. The summed E-state index contributed by atoms with van der Waals surface area (Å²) in [7, 11) is 3.39. The third-order valence-corrected chi connectivity index (χ3v) is 3.75. The van der Waals surface area contributed by atoms with Gasteiger partial charge < -0.3 is 14.2 Å². The van der Waals surface area contributed by atoms with Gasteiger partial charge in [0.05, 0.1) is 27.4 Å². The predicted octanol–water partition coefficient (Wildman–Crippen LogP) is 1.99. The number of benzene rings is 1. The first-order valence-electron chi connectivity index (χ1n) is 5.66. The molecule has 0 spiro atoms. The van der Waals surface area contributed by atoms with E-state index in [1.54, 1.807) is 14.2 Å². The lowest BCUT2D eigenvalue weighted by Crippen LogP contribution is -2.03. The third kappa shape index (κ3) is 1.24. The highest BCUT2D eigenvalue weighted by atomic mass is 16.5. The molecule has 16 heavy (non-hydrogen) atoms. The molecule has 1 aliphatic heterocycles. The van der Waals surface area contributed by atoms with Gasteiger partial charge in [0.25, 0.3) is 0 Å². The van der Waals surface area contributed by atoms with Gasteiger partial charge in [-0.3, -0.25) is 0 Å². The van der Waals surface area contributed by atoms with E-state index >= 15 is 0 Å².